The molecule has 0 unspecified atom stereocenters. The first-order valence-electron chi connectivity index (χ1n) is 10.6. The van der Waals surface area contributed by atoms with Crippen LogP contribution in [0.2, 0.25) is 0 Å². The van der Waals surface area contributed by atoms with E-state index in [4.69, 9.17) is 15.7 Å². The normalized spacial score (nSPS) is 30.8. The Morgan fingerprint density at radius 2 is 2.07 bits per heavy atom. The third-order valence-electron chi connectivity index (χ3n) is 7.59. The minimum Gasteiger partial charge on any atom is -0.371 e. The second kappa shape index (κ2) is 7.45. The monoisotopic (exact) mass is 415 g/mol. The van der Waals surface area contributed by atoms with Crippen LogP contribution in [0.4, 0.5) is 0 Å². The number of terminal acetylenes is 1. The summed E-state index contributed by atoms with van der Waals surface area (Å²) >= 11 is 0. The van der Waals surface area contributed by atoms with Crippen molar-refractivity contribution < 1.29 is 17.4 Å². The molecule has 3 aliphatic rings. The van der Waals surface area contributed by atoms with Crippen LogP contribution < -0.4 is 9.32 Å². The fourth-order valence-electron chi connectivity index (χ4n) is 6.20. The van der Waals surface area contributed by atoms with Gasteiger partial charge in [0.2, 0.25) is 0 Å². The van der Waals surface area contributed by atoms with Crippen molar-refractivity contribution in [2.75, 3.05) is 0 Å². The van der Waals surface area contributed by atoms with Crippen LogP contribution in [0.25, 0.3) is 0 Å². The molecule has 0 bridgehead atoms. The average molecular weight is 416 g/mol. The maximum atomic E-state index is 12.5. The standard InChI is InChI=1S/C23H29NO4S/c1-3-4-5-6-16-13-19-15(14-21(16)28-29(24,26)27)7-8-18-17(19)11-12-23(2)20(18)9-10-22(23)25/h1,13-14,17-18,20H,4-12H2,2H3,(H2,24,26,27)/t17-,18+,20-,23-/m0/s1. The number of unbranched alkanes of at least 4 members (excludes halogenated alkanes) is 1. The van der Waals surface area contributed by atoms with E-state index in [2.05, 4.69) is 18.9 Å². The van der Waals surface area contributed by atoms with Gasteiger partial charge in [-0.2, -0.15) is 13.6 Å². The predicted octanol–water partition coefficient (Wildman–Crippen LogP) is 3.65. The van der Waals surface area contributed by atoms with Crippen molar-refractivity contribution in [2.45, 2.75) is 70.6 Å². The lowest BCUT2D eigenvalue weighted by atomic mass is 9.55. The van der Waals surface area contributed by atoms with Crippen molar-refractivity contribution in [1.29, 1.82) is 0 Å². The van der Waals surface area contributed by atoms with Gasteiger partial charge in [0.1, 0.15) is 11.5 Å². The van der Waals surface area contributed by atoms with Gasteiger partial charge in [-0.1, -0.05) is 13.0 Å². The minimum atomic E-state index is -4.08. The summed E-state index contributed by atoms with van der Waals surface area (Å²) in [5.41, 5.74) is 3.16. The van der Waals surface area contributed by atoms with Gasteiger partial charge in [0.05, 0.1) is 0 Å². The van der Waals surface area contributed by atoms with Crippen LogP contribution in [-0.2, 0) is 27.9 Å². The van der Waals surface area contributed by atoms with Crippen molar-refractivity contribution >= 4 is 16.1 Å². The number of carbonyl (C=O) groups is 1. The first kappa shape index (κ1) is 20.4. The van der Waals surface area contributed by atoms with E-state index < -0.39 is 10.3 Å². The zero-order valence-electron chi connectivity index (χ0n) is 16.9. The van der Waals surface area contributed by atoms with Gasteiger partial charge in [0.25, 0.3) is 0 Å². The number of fused-ring (bicyclic) bond motifs is 5. The Morgan fingerprint density at radius 1 is 1.28 bits per heavy atom. The van der Waals surface area contributed by atoms with E-state index in [0.717, 1.165) is 56.1 Å². The summed E-state index contributed by atoms with van der Waals surface area (Å²) in [5, 5.41) is 5.15. The molecule has 0 heterocycles. The molecular formula is C23H29NO4S. The van der Waals surface area contributed by atoms with Crippen molar-refractivity contribution in [3.8, 4) is 18.1 Å². The number of rotatable bonds is 5. The number of benzene rings is 1. The van der Waals surface area contributed by atoms with E-state index in [0.29, 0.717) is 42.1 Å². The first-order valence-corrected chi connectivity index (χ1v) is 12.0. The van der Waals surface area contributed by atoms with Gasteiger partial charge in [0.15, 0.2) is 0 Å². The Labute approximate surface area is 173 Å². The molecule has 1 aromatic rings. The van der Waals surface area contributed by atoms with Gasteiger partial charge in [0, 0.05) is 18.3 Å². The van der Waals surface area contributed by atoms with Crippen LogP contribution in [0.3, 0.4) is 0 Å². The Bertz CT molecular complexity index is 977. The maximum Gasteiger partial charge on any atom is 0.380 e. The van der Waals surface area contributed by atoms with E-state index in [1.807, 2.05) is 6.07 Å². The van der Waals surface area contributed by atoms with Crippen LogP contribution in [0.15, 0.2) is 12.1 Å². The summed E-state index contributed by atoms with van der Waals surface area (Å²) < 4.78 is 28.2. The largest absolute Gasteiger partial charge is 0.380 e. The number of ketones is 1. The molecule has 4 rings (SSSR count). The lowest BCUT2D eigenvalue weighted by Gasteiger charge is -2.48. The third kappa shape index (κ3) is 3.71. The predicted molar refractivity (Wildman–Crippen MR) is 112 cm³/mol. The molecule has 0 radical (unpaired) electrons. The van der Waals surface area contributed by atoms with Crippen LogP contribution in [0.1, 0.15) is 74.5 Å². The number of nitrogens with two attached hydrogens (primary N) is 1. The Kier molecular flexibility index (Phi) is 5.25. The second-order valence-electron chi connectivity index (χ2n) is 9.13. The highest BCUT2D eigenvalue weighted by atomic mass is 32.2. The Morgan fingerprint density at radius 3 is 2.79 bits per heavy atom. The Balaban J connectivity index is 1.69. The molecular weight excluding hydrogens is 386 g/mol. The van der Waals surface area contributed by atoms with Crippen LogP contribution in [0, 0.1) is 29.6 Å². The third-order valence-corrected chi connectivity index (χ3v) is 8.00. The summed E-state index contributed by atoms with van der Waals surface area (Å²) in [5.74, 6) is 4.82. The van der Waals surface area contributed by atoms with Gasteiger partial charge in [-0.25, -0.2) is 0 Å². The fraction of sp³-hybridized carbons (Fsp3) is 0.609. The molecule has 0 aromatic heterocycles. The minimum absolute atomic E-state index is 0.148. The molecule has 0 amide bonds. The highest BCUT2D eigenvalue weighted by Crippen LogP contribution is 2.59. The van der Waals surface area contributed by atoms with Crippen molar-refractivity contribution in [3.05, 3.63) is 28.8 Å². The van der Waals surface area contributed by atoms with Crippen molar-refractivity contribution in [1.82, 2.24) is 0 Å². The molecule has 2 N–H and O–H groups in total. The van der Waals surface area contributed by atoms with Gasteiger partial charge < -0.3 is 4.18 Å². The van der Waals surface area contributed by atoms with Crippen LogP contribution in [0.5, 0.6) is 5.75 Å². The van der Waals surface area contributed by atoms with Gasteiger partial charge in [-0.15, -0.1) is 12.3 Å². The summed E-state index contributed by atoms with van der Waals surface area (Å²) in [4.78, 5) is 12.5. The molecule has 5 nitrogen and oxygen atoms in total. The van der Waals surface area contributed by atoms with E-state index in [-0.39, 0.29) is 5.41 Å². The number of aryl methyl sites for hydroxylation is 2. The lowest BCUT2D eigenvalue weighted by molar-refractivity contribution is -0.129. The van der Waals surface area contributed by atoms with Gasteiger partial charge in [-0.05, 0) is 85.5 Å². The summed E-state index contributed by atoms with van der Waals surface area (Å²) in [6.45, 7) is 2.17. The molecule has 3 aliphatic carbocycles. The zero-order valence-corrected chi connectivity index (χ0v) is 17.8. The summed E-state index contributed by atoms with van der Waals surface area (Å²) in [6.07, 6.45) is 13.0. The van der Waals surface area contributed by atoms with Crippen LogP contribution >= 0.6 is 0 Å². The molecule has 2 fully saturated rings. The van der Waals surface area contributed by atoms with Gasteiger partial charge >= 0.3 is 10.3 Å². The fourth-order valence-corrected chi connectivity index (χ4v) is 6.60. The zero-order chi connectivity index (χ0) is 20.8. The quantitative estimate of drug-likeness (QED) is 0.587. The highest BCUT2D eigenvalue weighted by molar-refractivity contribution is 7.84. The number of Topliss-reactive ketones (excluding diaryl/α,β-unsaturated/α-hetero) is 1. The van der Waals surface area contributed by atoms with E-state index in [1.165, 1.54) is 5.56 Å². The molecule has 6 heteroatoms. The molecule has 0 spiro atoms. The topological polar surface area (TPSA) is 86.5 Å². The number of hydrogen-bond acceptors (Lipinski definition) is 4. The second-order valence-corrected chi connectivity index (χ2v) is 10.3. The van der Waals surface area contributed by atoms with E-state index in [9.17, 15) is 13.2 Å². The lowest BCUT2D eigenvalue weighted by Crippen LogP contribution is -2.42. The smallest absolute Gasteiger partial charge is 0.371 e. The summed E-state index contributed by atoms with van der Waals surface area (Å²) in [6, 6.07) is 4.00. The molecule has 29 heavy (non-hydrogen) atoms. The van der Waals surface area contributed by atoms with Crippen molar-refractivity contribution in [3.63, 3.8) is 0 Å². The Hall–Kier alpha value is -1.84. The van der Waals surface area contributed by atoms with Crippen LogP contribution in [-0.4, -0.2) is 14.2 Å². The first-order chi connectivity index (χ1) is 13.7. The molecule has 0 aliphatic heterocycles. The van der Waals surface area contributed by atoms with Crippen molar-refractivity contribution in [2.24, 2.45) is 22.4 Å². The number of hydrogen-bond donors (Lipinski definition) is 1. The average Bonchev–Trinajstić information content (AvgIpc) is 2.96. The summed E-state index contributed by atoms with van der Waals surface area (Å²) in [7, 11) is -4.08. The molecule has 4 atom stereocenters. The maximum absolute atomic E-state index is 12.5. The molecule has 156 valence electrons. The highest BCUT2D eigenvalue weighted by Gasteiger charge is 2.54. The van der Waals surface area contributed by atoms with Gasteiger partial charge in [-0.3, -0.25) is 4.79 Å². The SMILES string of the molecule is C#CCCCc1cc2c(cc1OS(N)(=O)=O)CC[C@@H]1[C@@H]2CC[C@]2(C)C(=O)CC[C@@H]12. The van der Waals surface area contributed by atoms with E-state index in [1.54, 1.807) is 0 Å². The van der Waals surface area contributed by atoms with E-state index >= 15 is 0 Å². The number of carbonyl (C=O) groups excluding carboxylic acids is 1. The molecule has 2 saturated carbocycles. The molecule has 1 aromatic carbocycles. The molecule has 0 saturated heterocycles.